The van der Waals surface area contributed by atoms with Gasteiger partial charge in [0.25, 0.3) is 5.56 Å². The minimum atomic E-state index is -0.316. The molecule has 0 spiro atoms. The van der Waals surface area contributed by atoms with E-state index in [1.807, 2.05) is 43.3 Å². The van der Waals surface area contributed by atoms with E-state index in [4.69, 9.17) is 4.98 Å². The Balaban J connectivity index is 1.55. The van der Waals surface area contributed by atoms with Gasteiger partial charge in [-0.3, -0.25) is 14.2 Å². The molecule has 1 N–H and O–H groups in total. The number of amides is 1. The average molecular weight is 442 g/mol. The van der Waals surface area contributed by atoms with Gasteiger partial charge in [-0.15, -0.1) is 11.3 Å². The van der Waals surface area contributed by atoms with Crippen LogP contribution in [0.4, 0.5) is 0 Å². The van der Waals surface area contributed by atoms with Crippen molar-refractivity contribution in [2.75, 3.05) is 0 Å². The van der Waals surface area contributed by atoms with Crippen molar-refractivity contribution in [1.82, 2.24) is 14.9 Å². The lowest BCUT2D eigenvalue weighted by molar-refractivity contribution is -0.121. The van der Waals surface area contributed by atoms with Crippen LogP contribution in [0.15, 0.2) is 46.3 Å². The highest BCUT2D eigenvalue weighted by molar-refractivity contribution is 8.00. The van der Waals surface area contributed by atoms with E-state index < -0.39 is 0 Å². The zero-order valence-electron chi connectivity index (χ0n) is 17.6. The Morgan fingerprint density at radius 2 is 2.00 bits per heavy atom. The van der Waals surface area contributed by atoms with Gasteiger partial charge in [0, 0.05) is 18.0 Å². The number of nitrogens with zero attached hydrogens (tertiary/aromatic N) is 2. The normalized spacial score (nSPS) is 20.2. The second kappa shape index (κ2) is 8.94. The third kappa shape index (κ3) is 4.32. The van der Waals surface area contributed by atoms with Crippen LogP contribution in [0, 0.1) is 5.92 Å². The van der Waals surface area contributed by atoms with Gasteiger partial charge in [0.05, 0.1) is 10.6 Å². The Morgan fingerprint density at radius 1 is 1.27 bits per heavy atom. The summed E-state index contributed by atoms with van der Waals surface area (Å²) in [5.41, 5.74) is 1.00. The number of nitrogens with one attached hydrogen (secondary N) is 1. The summed E-state index contributed by atoms with van der Waals surface area (Å²) in [6.07, 6.45) is 4.63. The van der Waals surface area contributed by atoms with E-state index in [-0.39, 0.29) is 22.8 Å². The van der Waals surface area contributed by atoms with Crippen LogP contribution >= 0.6 is 23.1 Å². The molecule has 2 heterocycles. The lowest BCUT2D eigenvalue weighted by Crippen LogP contribution is -2.44. The number of thiophene rings is 1. The van der Waals surface area contributed by atoms with Gasteiger partial charge < -0.3 is 5.32 Å². The molecule has 1 aromatic carbocycles. The highest BCUT2D eigenvalue weighted by Crippen LogP contribution is 2.32. The van der Waals surface area contributed by atoms with E-state index in [0.717, 1.165) is 16.9 Å². The van der Waals surface area contributed by atoms with Crippen LogP contribution in [0.1, 0.15) is 39.5 Å². The molecule has 3 atom stereocenters. The maximum atomic E-state index is 12.9. The molecule has 1 aliphatic rings. The maximum Gasteiger partial charge on any atom is 0.262 e. The molecular weight excluding hydrogens is 414 g/mol. The Bertz CT molecular complexity index is 1110. The van der Waals surface area contributed by atoms with E-state index in [0.29, 0.717) is 21.3 Å². The predicted molar refractivity (Wildman–Crippen MR) is 125 cm³/mol. The fourth-order valence-corrected chi connectivity index (χ4v) is 5.90. The Morgan fingerprint density at radius 3 is 2.73 bits per heavy atom. The van der Waals surface area contributed by atoms with E-state index in [2.05, 4.69) is 12.2 Å². The van der Waals surface area contributed by atoms with Gasteiger partial charge in [-0.05, 0) is 37.3 Å². The summed E-state index contributed by atoms with van der Waals surface area (Å²) in [6.45, 7) is 4.09. The highest BCUT2D eigenvalue weighted by atomic mass is 32.2. The van der Waals surface area contributed by atoms with Crippen molar-refractivity contribution < 1.29 is 4.79 Å². The van der Waals surface area contributed by atoms with Crippen molar-refractivity contribution >= 4 is 39.2 Å². The van der Waals surface area contributed by atoms with Crippen LogP contribution in [-0.4, -0.2) is 26.8 Å². The lowest BCUT2D eigenvalue weighted by Gasteiger charge is -2.30. The van der Waals surface area contributed by atoms with Gasteiger partial charge in [-0.25, -0.2) is 4.98 Å². The monoisotopic (exact) mass is 441 g/mol. The summed E-state index contributed by atoms with van der Waals surface area (Å²) >= 11 is 2.86. The van der Waals surface area contributed by atoms with Crippen molar-refractivity contribution in [2.45, 2.75) is 56.0 Å². The third-order valence-corrected chi connectivity index (χ3v) is 8.10. The molecule has 1 saturated carbocycles. The summed E-state index contributed by atoms with van der Waals surface area (Å²) in [4.78, 5) is 32.2. The molecule has 7 heteroatoms. The smallest absolute Gasteiger partial charge is 0.262 e. The molecule has 158 valence electrons. The molecule has 0 bridgehead atoms. The first-order valence-corrected chi connectivity index (χ1v) is 12.2. The lowest BCUT2D eigenvalue weighted by atomic mass is 9.86. The fraction of sp³-hybridized carbons (Fsp3) is 0.435. The van der Waals surface area contributed by atoms with Crippen LogP contribution in [0.3, 0.4) is 0 Å². The van der Waals surface area contributed by atoms with Gasteiger partial charge in [0.1, 0.15) is 4.83 Å². The summed E-state index contributed by atoms with van der Waals surface area (Å²) in [6, 6.07) is 12.2. The number of thioether (sulfide) groups is 1. The molecule has 3 unspecified atom stereocenters. The summed E-state index contributed by atoms with van der Waals surface area (Å²) in [7, 11) is 1.73. The molecule has 2 aromatic heterocycles. The molecule has 0 saturated heterocycles. The minimum Gasteiger partial charge on any atom is -0.352 e. The van der Waals surface area contributed by atoms with E-state index in [1.54, 1.807) is 11.6 Å². The number of carbonyl (C=O) groups is 1. The second-order valence-corrected chi connectivity index (χ2v) is 10.4. The fourth-order valence-electron chi connectivity index (χ4n) is 3.94. The highest BCUT2D eigenvalue weighted by Gasteiger charge is 2.26. The predicted octanol–water partition coefficient (Wildman–Crippen LogP) is 4.84. The molecule has 3 aromatic rings. The number of hydrogen-bond donors (Lipinski definition) is 1. The van der Waals surface area contributed by atoms with Gasteiger partial charge in [0.15, 0.2) is 5.16 Å². The van der Waals surface area contributed by atoms with Crippen LogP contribution < -0.4 is 10.9 Å². The van der Waals surface area contributed by atoms with Crippen LogP contribution in [0.2, 0.25) is 0 Å². The van der Waals surface area contributed by atoms with Crippen molar-refractivity contribution in [3.05, 3.63) is 46.8 Å². The first kappa shape index (κ1) is 21.1. The number of fused-ring (bicyclic) bond motifs is 1. The Hall–Kier alpha value is -2.12. The molecule has 30 heavy (non-hydrogen) atoms. The average Bonchev–Trinajstić information content (AvgIpc) is 3.18. The number of aromatic nitrogens is 2. The molecule has 4 rings (SSSR count). The molecule has 0 radical (unpaired) electrons. The second-order valence-electron chi connectivity index (χ2n) is 8.09. The largest absolute Gasteiger partial charge is 0.352 e. The number of hydrogen-bond acceptors (Lipinski definition) is 5. The summed E-state index contributed by atoms with van der Waals surface area (Å²) < 4.78 is 1.56. The first-order chi connectivity index (χ1) is 14.4. The maximum absolute atomic E-state index is 12.9. The van der Waals surface area contributed by atoms with Gasteiger partial charge >= 0.3 is 0 Å². The van der Waals surface area contributed by atoms with E-state index in [9.17, 15) is 9.59 Å². The van der Waals surface area contributed by atoms with Crippen molar-refractivity contribution in [2.24, 2.45) is 13.0 Å². The number of benzene rings is 1. The SMILES string of the molecule is CC(Sc1nc2sc(-c3ccccc3)cc2c(=O)n1C)C(=O)NC1CCCCC1C. The summed E-state index contributed by atoms with van der Waals surface area (Å²) in [5, 5.41) is 4.10. The summed E-state index contributed by atoms with van der Waals surface area (Å²) in [5.74, 6) is 0.533. The molecule has 1 amide bonds. The number of carbonyl (C=O) groups excluding carboxylic acids is 1. The third-order valence-electron chi connectivity index (χ3n) is 5.88. The molecule has 1 aliphatic carbocycles. The van der Waals surface area contributed by atoms with Gasteiger partial charge in [0.2, 0.25) is 5.91 Å². The van der Waals surface area contributed by atoms with E-state index in [1.165, 1.54) is 42.4 Å². The standard InChI is InChI=1S/C23H27N3O2S2/c1-14-9-7-8-12-18(14)24-20(27)15(2)29-23-25-21-17(22(28)26(23)3)13-19(30-21)16-10-5-4-6-11-16/h4-6,10-11,13-15,18H,7-9,12H2,1-3H3,(H,24,27). The molecule has 1 fully saturated rings. The quantitative estimate of drug-likeness (QED) is 0.455. The van der Waals surface area contributed by atoms with Gasteiger partial charge in [-0.1, -0.05) is 61.9 Å². The van der Waals surface area contributed by atoms with Crippen LogP contribution in [-0.2, 0) is 11.8 Å². The molecule has 0 aliphatic heterocycles. The topological polar surface area (TPSA) is 64.0 Å². The Kier molecular flexibility index (Phi) is 6.29. The van der Waals surface area contributed by atoms with Crippen LogP contribution in [0.5, 0.6) is 0 Å². The zero-order valence-corrected chi connectivity index (χ0v) is 19.2. The number of rotatable bonds is 5. The molecular formula is C23H27N3O2S2. The van der Waals surface area contributed by atoms with Gasteiger partial charge in [-0.2, -0.15) is 0 Å². The van der Waals surface area contributed by atoms with E-state index >= 15 is 0 Å². The zero-order chi connectivity index (χ0) is 21.3. The van der Waals surface area contributed by atoms with Crippen LogP contribution in [0.25, 0.3) is 20.7 Å². The van der Waals surface area contributed by atoms with Crippen molar-refractivity contribution in [3.63, 3.8) is 0 Å². The Labute approximate surface area is 184 Å². The first-order valence-electron chi connectivity index (χ1n) is 10.5. The molecule has 5 nitrogen and oxygen atoms in total. The van der Waals surface area contributed by atoms with Crippen molar-refractivity contribution in [3.8, 4) is 10.4 Å². The minimum absolute atomic E-state index is 0.0178. The van der Waals surface area contributed by atoms with Crippen molar-refractivity contribution in [1.29, 1.82) is 0 Å².